The van der Waals surface area contributed by atoms with E-state index in [2.05, 4.69) is 15.5 Å². The molecule has 146 valence electrons. The number of carbonyl (C=O) groups is 1. The summed E-state index contributed by atoms with van der Waals surface area (Å²) >= 11 is 1.28. The number of nitrogens with one attached hydrogen (secondary N) is 1. The van der Waals surface area contributed by atoms with Crippen LogP contribution in [0.4, 0.5) is 10.1 Å². The molecular weight excluding hydrogens is 387 g/mol. The third kappa shape index (κ3) is 4.00. The van der Waals surface area contributed by atoms with Crippen LogP contribution in [0.15, 0.2) is 71.9 Å². The zero-order valence-corrected chi connectivity index (χ0v) is 16.8. The van der Waals surface area contributed by atoms with Gasteiger partial charge in [-0.1, -0.05) is 54.2 Å². The van der Waals surface area contributed by atoms with Crippen LogP contribution >= 0.6 is 11.8 Å². The molecule has 1 N–H and O–H groups in total. The monoisotopic (exact) mass is 406 g/mol. The van der Waals surface area contributed by atoms with Gasteiger partial charge in [0, 0.05) is 12.7 Å². The Kier molecular flexibility index (Phi) is 5.31. The first-order valence-electron chi connectivity index (χ1n) is 9.13. The quantitative estimate of drug-likeness (QED) is 0.479. The highest BCUT2D eigenvalue weighted by atomic mass is 32.2. The fourth-order valence-corrected chi connectivity index (χ4v) is 3.83. The summed E-state index contributed by atoms with van der Waals surface area (Å²) in [4.78, 5) is 12.6. The number of hydrogen-bond donors (Lipinski definition) is 1. The SMILES string of the molecule is C[C@@H](Sc1nnc(-c2ccccc2F)n1C)C(=O)Nc1ccc2ccccc2c1. The van der Waals surface area contributed by atoms with Gasteiger partial charge in [0.05, 0.1) is 10.8 Å². The van der Waals surface area contributed by atoms with E-state index in [1.165, 1.54) is 17.8 Å². The minimum Gasteiger partial charge on any atom is -0.325 e. The molecule has 0 radical (unpaired) electrons. The zero-order valence-electron chi connectivity index (χ0n) is 16.0. The Bertz CT molecular complexity index is 1190. The highest BCUT2D eigenvalue weighted by molar-refractivity contribution is 8.00. The molecule has 5 nitrogen and oxygen atoms in total. The van der Waals surface area contributed by atoms with Crippen molar-refractivity contribution in [1.29, 1.82) is 0 Å². The van der Waals surface area contributed by atoms with E-state index in [4.69, 9.17) is 0 Å². The summed E-state index contributed by atoms with van der Waals surface area (Å²) < 4.78 is 15.8. The predicted octanol–water partition coefficient (Wildman–Crippen LogP) is 4.89. The van der Waals surface area contributed by atoms with E-state index in [9.17, 15) is 9.18 Å². The second-order valence-electron chi connectivity index (χ2n) is 6.66. The molecule has 4 aromatic rings. The van der Waals surface area contributed by atoms with Crippen LogP contribution in [0.2, 0.25) is 0 Å². The number of halogens is 1. The molecule has 29 heavy (non-hydrogen) atoms. The Morgan fingerprint density at radius 1 is 1.03 bits per heavy atom. The largest absolute Gasteiger partial charge is 0.325 e. The summed E-state index contributed by atoms with van der Waals surface area (Å²) in [7, 11) is 1.76. The van der Waals surface area contributed by atoms with Crippen LogP contribution in [-0.2, 0) is 11.8 Å². The van der Waals surface area contributed by atoms with Crippen molar-refractivity contribution >= 4 is 34.1 Å². The van der Waals surface area contributed by atoms with E-state index in [1.54, 1.807) is 36.7 Å². The Morgan fingerprint density at radius 3 is 2.55 bits per heavy atom. The molecule has 0 aliphatic carbocycles. The molecule has 0 spiro atoms. The lowest BCUT2D eigenvalue weighted by Crippen LogP contribution is -2.22. The lowest BCUT2D eigenvalue weighted by molar-refractivity contribution is -0.115. The molecule has 0 unspecified atom stereocenters. The number of nitrogens with zero attached hydrogens (tertiary/aromatic N) is 3. The lowest BCUT2D eigenvalue weighted by atomic mass is 10.1. The van der Waals surface area contributed by atoms with Crippen molar-refractivity contribution in [3.63, 3.8) is 0 Å². The van der Waals surface area contributed by atoms with Gasteiger partial charge in [-0.25, -0.2) is 4.39 Å². The van der Waals surface area contributed by atoms with Crippen LogP contribution in [0.25, 0.3) is 22.2 Å². The zero-order chi connectivity index (χ0) is 20.4. The number of amides is 1. The average Bonchev–Trinajstić information content (AvgIpc) is 3.08. The highest BCUT2D eigenvalue weighted by Crippen LogP contribution is 2.28. The van der Waals surface area contributed by atoms with Gasteiger partial charge in [0.2, 0.25) is 5.91 Å². The molecule has 1 aromatic heterocycles. The summed E-state index contributed by atoms with van der Waals surface area (Å²) in [6, 6.07) is 20.2. The van der Waals surface area contributed by atoms with Gasteiger partial charge >= 0.3 is 0 Å². The Labute approximate surface area is 172 Å². The Morgan fingerprint density at radius 2 is 1.76 bits per heavy atom. The van der Waals surface area contributed by atoms with Gasteiger partial charge in [-0.05, 0) is 42.0 Å². The summed E-state index contributed by atoms with van der Waals surface area (Å²) in [5.41, 5.74) is 1.12. The van der Waals surface area contributed by atoms with Gasteiger partial charge in [0.15, 0.2) is 11.0 Å². The first kappa shape index (κ1) is 19.1. The molecule has 1 amide bonds. The smallest absolute Gasteiger partial charge is 0.237 e. The molecule has 0 aliphatic heterocycles. The molecule has 0 saturated heterocycles. The van der Waals surface area contributed by atoms with E-state index in [-0.39, 0.29) is 11.7 Å². The maximum absolute atomic E-state index is 14.1. The van der Waals surface area contributed by atoms with Gasteiger partial charge in [0.25, 0.3) is 0 Å². The Hall–Kier alpha value is -3.19. The van der Waals surface area contributed by atoms with Gasteiger partial charge in [-0.3, -0.25) is 4.79 Å². The molecule has 3 aromatic carbocycles. The van der Waals surface area contributed by atoms with Crippen LogP contribution in [-0.4, -0.2) is 25.9 Å². The third-order valence-corrected chi connectivity index (χ3v) is 5.75. The number of thioether (sulfide) groups is 1. The van der Waals surface area contributed by atoms with E-state index in [0.29, 0.717) is 16.5 Å². The van der Waals surface area contributed by atoms with Gasteiger partial charge in [-0.2, -0.15) is 0 Å². The minimum absolute atomic E-state index is 0.138. The molecule has 0 bridgehead atoms. The first-order valence-corrected chi connectivity index (χ1v) is 10.0. The molecule has 4 rings (SSSR count). The fourth-order valence-electron chi connectivity index (χ4n) is 3.02. The number of aromatic nitrogens is 3. The van der Waals surface area contributed by atoms with Crippen molar-refractivity contribution in [2.24, 2.45) is 7.05 Å². The maximum Gasteiger partial charge on any atom is 0.237 e. The number of benzene rings is 3. The summed E-state index contributed by atoms with van der Waals surface area (Å²) in [5, 5.41) is 13.5. The topological polar surface area (TPSA) is 59.8 Å². The Balaban J connectivity index is 1.48. The summed E-state index contributed by atoms with van der Waals surface area (Å²) in [6.45, 7) is 1.80. The molecule has 1 atom stereocenters. The molecular formula is C22H19FN4OS. The van der Waals surface area contributed by atoms with Crippen molar-refractivity contribution < 1.29 is 9.18 Å². The van der Waals surface area contributed by atoms with Crippen molar-refractivity contribution in [2.75, 3.05) is 5.32 Å². The second-order valence-corrected chi connectivity index (χ2v) is 7.96. The minimum atomic E-state index is -0.405. The van der Waals surface area contributed by atoms with Crippen LogP contribution < -0.4 is 5.32 Å². The number of rotatable bonds is 5. The maximum atomic E-state index is 14.1. The first-order chi connectivity index (χ1) is 14.0. The fraction of sp³-hybridized carbons (Fsp3) is 0.136. The normalized spacial score (nSPS) is 12.1. The molecule has 0 aliphatic rings. The van der Waals surface area contributed by atoms with E-state index in [1.807, 2.05) is 42.5 Å². The predicted molar refractivity (Wildman–Crippen MR) is 114 cm³/mol. The summed E-state index contributed by atoms with van der Waals surface area (Å²) in [6.07, 6.45) is 0. The van der Waals surface area contributed by atoms with Crippen molar-refractivity contribution in [1.82, 2.24) is 14.8 Å². The van der Waals surface area contributed by atoms with Crippen molar-refractivity contribution in [3.8, 4) is 11.4 Å². The highest BCUT2D eigenvalue weighted by Gasteiger charge is 2.20. The molecule has 0 fully saturated rings. The van der Waals surface area contributed by atoms with Crippen molar-refractivity contribution in [3.05, 3.63) is 72.5 Å². The van der Waals surface area contributed by atoms with Crippen molar-refractivity contribution in [2.45, 2.75) is 17.3 Å². The van der Waals surface area contributed by atoms with Gasteiger partial charge in [0.1, 0.15) is 5.82 Å². The molecule has 1 heterocycles. The average molecular weight is 406 g/mol. The second kappa shape index (κ2) is 8.05. The third-order valence-electron chi connectivity index (χ3n) is 4.62. The molecule has 7 heteroatoms. The summed E-state index contributed by atoms with van der Waals surface area (Å²) in [5.74, 6) is -0.0740. The standard InChI is InChI=1S/C22H19FN4OS/c1-14(21(28)24-17-12-11-15-7-3-4-8-16(15)13-17)29-22-26-25-20(27(22)2)18-9-5-6-10-19(18)23/h3-14H,1-2H3,(H,24,28)/t14-/m1/s1. The van der Waals surface area contributed by atoms with E-state index >= 15 is 0 Å². The van der Waals surface area contributed by atoms with Crippen LogP contribution in [0.3, 0.4) is 0 Å². The van der Waals surface area contributed by atoms with E-state index in [0.717, 1.165) is 16.5 Å². The van der Waals surface area contributed by atoms with E-state index < -0.39 is 5.25 Å². The number of hydrogen-bond acceptors (Lipinski definition) is 4. The van der Waals surface area contributed by atoms with Gasteiger partial charge < -0.3 is 9.88 Å². The number of anilines is 1. The van der Waals surface area contributed by atoms with Crippen LogP contribution in [0, 0.1) is 5.82 Å². The van der Waals surface area contributed by atoms with Gasteiger partial charge in [-0.15, -0.1) is 10.2 Å². The number of fused-ring (bicyclic) bond motifs is 1. The van der Waals surface area contributed by atoms with Crippen LogP contribution in [0.5, 0.6) is 0 Å². The lowest BCUT2D eigenvalue weighted by Gasteiger charge is -2.12. The molecule has 0 saturated carbocycles. The number of carbonyl (C=O) groups excluding carboxylic acids is 1. The van der Waals surface area contributed by atoms with Crippen LogP contribution in [0.1, 0.15) is 6.92 Å².